The highest BCUT2D eigenvalue weighted by Crippen LogP contribution is 2.46. The number of benzene rings is 4. The number of aliphatic hydroxyl groups is 6. The number of aliphatic hydroxyl groups excluding tert-OH is 5. The number of hydrogen-bond donors (Lipinski definition) is 7. The normalized spacial score (nSPS) is 22.1. The monoisotopic (exact) mass is 836 g/mol. The molecule has 1 saturated carbocycles. The van der Waals surface area contributed by atoms with Crippen LogP contribution in [0.5, 0.6) is 17.2 Å². The second-order valence-electron chi connectivity index (χ2n) is 15.8. The van der Waals surface area contributed by atoms with E-state index in [4.69, 9.17) is 14.2 Å². The molecule has 0 aromatic heterocycles. The summed E-state index contributed by atoms with van der Waals surface area (Å²) in [6.45, 7) is 1.73. The zero-order valence-electron chi connectivity index (χ0n) is 33.7. The van der Waals surface area contributed by atoms with Crippen molar-refractivity contribution in [3.63, 3.8) is 0 Å². The molecular weight excluding hydrogens is 789 g/mol. The molecule has 5 atom stereocenters. The maximum atomic E-state index is 14.9. The van der Waals surface area contributed by atoms with E-state index in [9.17, 15) is 54.9 Å². The third kappa shape index (κ3) is 8.28. The van der Waals surface area contributed by atoms with E-state index >= 15 is 0 Å². The van der Waals surface area contributed by atoms with Crippen molar-refractivity contribution in [1.29, 1.82) is 0 Å². The Morgan fingerprint density at radius 1 is 0.852 bits per heavy atom. The first-order chi connectivity index (χ1) is 29.2. The third-order valence-electron chi connectivity index (χ3n) is 11.8. The molecule has 1 saturated heterocycles. The van der Waals surface area contributed by atoms with E-state index in [-0.39, 0.29) is 63.5 Å². The molecule has 7 N–H and O–H groups in total. The summed E-state index contributed by atoms with van der Waals surface area (Å²) in [6.07, 6.45) is -0.674. The zero-order chi connectivity index (χ0) is 43.7. The third-order valence-corrected chi connectivity index (χ3v) is 11.8. The van der Waals surface area contributed by atoms with Crippen molar-refractivity contribution < 1.29 is 69.1 Å². The first kappa shape index (κ1) is 43.5. The van der Waals surface area contributed by atoms with Crippen molar-refractivity contribution in [2.24, 2.45) is 0 Å². The van der Waals surface area contributed by atoms with Gasteiger partial charge in [-0.25, -0.2) is 0 Å². The maximum absolute atomic E-state index is 14.9. The molecule has 2 fully saturated rings. The molecule has 2 aliphatic carbocycles. The molecule has 320 valence electrons. The van der Waals surface area contributed by atoms with Crippen LogP contribution in [0.3, 0.4) is 0 Å². The fraction of sp³-hybridized carbons (Fsp3) is 0.362. The second-order valence-corrected chi connectivity index (χ2v) is 15.8. The van der Waals surface area contributed by atoms with Crippen molar-refractivity contribution in [1.82, 2.24) is 0 Å². The molecule has 0 bridgehead atoms. The van der Waals surface area contributed by atoms with E-state index in [0.29, 0.717) is 42.2 Å². The molecule has 14 heteroatoms. The molecule has 1 heterocycles. The molecule has 61 heavy (non-hydrogen) atoms. The van der Waals surface area contributed by atoms with Gasteiger partial charge in [-0.2, -0.15) is 0 Å². The maximum Gasteiger partial charge on any atom is 0.308 e. The Labute approximate surface area is 351 Å². The van der Waals surface area contributed by atoms with Crippen LogP contribution in [0.25, 0.3) is 12.2 Å². The number of fused-ring (bicyclic) bond motifs is 2. The predicted molar refractivity (Wildman–Crippen MR) is 219 cm³/mol. The molecule has 0 unspecified atom stereocenters. The van der Waals surface area contributed by atoms with Crippen LogP contribution < -0.4 is 9.47 Å². The van der Waals surface area contributed by atoms with E-state index < -0.39 is 71.8 Å². The van der Waals surface area contributed by atoms with Gasteiger partial charge in [0.05, 0.1) is 23.9 Å². The summed E-state index contributed by atoms with van der Waals surface area (Å²) in [5.74, 6) is -3.59. The SMILES string of the molecule is CC(=O)Oc1cc(CO)c2c(c1C=Cc1cccc(CCO)c1)C(=O)c1cc(O[C@H]3O[C@H](C)[C@@H](O)[C@@H](O)[C@H]3O)c(Cc3cccc(C4(O)CCCCC4)c3C=O)c(O)c1C2=O. The molecule has 14 nitrogen and oxygen atoms in total. The van der Waals surface area contributed by atoms with Crippen LogP contribution >= 0.6 is 0 Å². The minimum atomic E-state index is -1.82. The van der Waals surface area contributed by atoms with Gasteiger partial charge < -0.3 is 50.0 Å². The summed E-state index contributed by atoms with van der Waals surface area (Å²) in [4.78, 5) is 54.9. The lowest BCUT2D eigenvalue weighted by Crippen LogP contribution is -2.58. The standard InChI is InChI=1S/C47H48O14/c1-24-40(52)44(56)45(57)46(59-24)61-36-21-32-39(41(53)31(36)19-28-10-7-11-34(33(28)23-50)47(58)15-4-3-5-16-47)43(55)37-29(22-49)20-35(60-25(2)51)30(38(37)42(32)54)13-12-26-8-6-9-27(18-26)14-17-48/h6-13,18,20-21,23-24,40,44-46,48-49,52-53,56-58H,3-5,14-17,19,22H2,1-2H3/t24-,40-,44-,45-,46-/m1/s1. The number of aldehydes is 1. The molecule has 7 rings (SSSR count). The number of phenolic OH excluding ortho intramolecular Hbond substituents is 1. The number of phenols is 1. The average molecular weight is 837 g/mol. The summed E-state index contributed by atoms with van der Waals surface area (Å²) in [6, 6.07) is 14.5. The highest BCUT2D eigenvalue weighted by molar-refractivity contribution is 6.31. The van der Waals surface area contributed by atoms with Crippen molar-refractivity contribution in [3.05, 3.63) is 121 Å². The van der Waals surface area contributed by atoms with Gasteiger partial charge in [0, 0.05) is 53.3 Å². The van der Waals surface area contributed by atoms with Gasteiger partial charge in [-0.05, 0) is 72.2 Å². The lowest BCUT2D eigenvalue weighted by Gasteiger charge is -2.39. The predicted octanol–water partition coefficient (Wildman–Crippen LogP) is 4.05. The first-order valence-corrected chi connectivity index (χ1v) is 20.2. The molecular formula is C47H48O14. The number of rotatable bonds is 12. The Hall–Kier alpha value is -5.58. The van der Waals surface area contributed by atoms with Crippen LogP contribution in [0, 0.1) is 0 Å². The van der Waals surface area contributed by atoms with Crippen molar-refractivity contribution in [2.75, 3.05) is 6.61 Å². The van der Waals surface area contributed by atoms with Crippen molar-refractivity contribution in [3.8, 4) is 17.2 Å². The number of ketones is 2. The number of ether oxygens (including phenoxy) is 3. The van der Waals surface area contributed by atoms with E-state index in [1.807, 2.05) is 6.07 Å². The minimum absolute atomic E-state index is 0.00931. The van der Waals surface area contributed by atoms with Gasteiger partial charge >= 0.3 is 5.97 Å². The van der Waals surface area contributed by atoms with Gasteiger partial charge in [-0.3, -0.25) is 19.2 Å². The first-order valence-electron chi connectivity index (χ1n) is 20.2. The molecule has 4 aromatic rings. The highest BCUT2D eigenvalue weighted by atomic mass is 16.7. The molecule has 0 spiro atoms. The Kier molecular flexibility index (Phi) is 12.7. The van der Waals surface area contributed by atoms with E-state index in [1.165, 1.54) is 25.1 Å². The van der Waals surface area contributed by atoms with Crippen LogP contribution in [0.15, 0.2) is 54.6 Å². The zero-order valence-corrected chi connectivity index (χ0v) is 33.7. The van der Waals surface area contributed by atoms with Crippen molar-refractivity contribution in [2.45, 2.75) is 102 Å². The van der Waals surface area contributed by atoms with Gasteiger partial charge in [0.1, 0.15) is 35.6 Å². The molecule has 0 radical (unpaired) electrons. The quantitative estimate of drug-likeness (QED) is 0.0407. The Morgan fingerprint density at radius 3 is 2.28 bits per heavy atom. The number of carbonyl (C=O) groups is 4. The van der Waals surface area contributed by atoms with Crippen LogP contribution in [-0.2, 0) is 34.6 Å². The van der Waals surface area contributed by atoms with Gasteiger partial charge in [0.15, 0.2) is 17.9 Å². The second kappa shape index (κ2) is 17.8. The molecule has 1 aliphatic heterocycles. The number of esters is 1. The summed E-state index contributed by atoms with van der Waals surface area (Å²) in [5, 5.41) is 76.0. The summed E-state index contributed by atoms with van der Waals surface area (Å²) >= 11 is 0. The van der Waals surface area contributed by atoms with Gasteiger partial charge in [0.2, 0.25) is 6.29 Å². The van der Waals surface area contributed by atoms with Crippen LogP contribution in [0.4, 0.5) is 0 Å². The van der Waals surface area contributed by atoms with Crippen LogP contribution in [0.1, 0.15) is 127 Å². The molecule has 3 aliphatic rings. The molecule has 4 aromatic carbocycles. The Morgan fingerprint density at radius 2 is 1.59 bits per heavy atom. The average Bonchev–Trinajstić information content (AvgIpc) is 3.24. The van der Waals surface area contributed by atoms with Gasteiger partial charge in [0.25, 0.3) is 0 Å². The topological polar surface area (TPSA) is 238 Å². The highest BCUT2D eigenvalue weighted by Gasteiger charge is 2.45. The smallest absolute Gasteiger partial charge is 0.308 e. The van der Waals surface area contributed by atoms with Crippen LogP contribution in [-0.4, -0.2) is 96.9 Å². The largest absolute Gasteiger partial charge is 0.507 e. The lowest BCUT2D eigenvalue weighted by molar-refractivity contribution is -0.268. The summed E-state index contributed by atoms with van der Waals surface area (Å²) in [5.41, 5.74) is -0.451. The summed E-state index contributed by atoms with van der Waals surface area (Å²) in [7, 11) is 0. The Bertz CT molecular complexity index is 2410. The van der Waals surface area contributed by atoms with Crippen molar-refractivity contribution >= 4 is 36.0 Å². The van der Waals surface area contributed by atoms with E-state index in [2.05, 4.69) is 0 Å². The lowest BCUT2D eigenvalue weighted by atomic mass is 9.76. The summed E-state index contributed by atoms with van der Waals surface area (Å²) < 4.78 is 17.4. The minimum Gasteiger partial charge on any atom is -0.507 e. The fourth-order valence-electron chi connectivity index (χ4n) is 8.69. The van der Waals surface area contributed by atoms with Crippen LogP contribution in [0.2, 0.25) is 0 Å². The van der Waals surface area contributed by atoms with E-state index in [1.54, 1.807) is 42.5 Å². The van der Waals surface area contributed by atoms with Gasteiger partial charge in [-0.15, -0.1) is 0 Å². The Balaban J connectivity index is 1.42. The fourth-order valence-corrected chi connectivity index (χ4v) is 8.69. The van der Waals surface area contributed by atoms with Gasteiger partial charge in [-0.1, -0.05) is 67.8 Å². The van der Waals surface area contributed by atoms with E-state index in [0.717, 1.165) is 31.7 Å². The number of hydrogen-bond acceptors (Lipinski definition) is 14. The number of aromatic hydroxyl groups is 1. The molecule has 0 amide bonds. The number of carbonyl (C=O) groups excluding carboxylic acids is 4.